The fourth-order valence-electron chi connectivity index (χ4n) is 2.02. The van der Waals surface area contributed by atoms with Crippen molar-refractivity contribution in [3.8, 4) is 11.3 Å². The second kappa shape index (κ2) is 5.64. The highest BCUT2D eigenvalue weighted by Crippen LogP contribution is 2.29. The zero-order valence-corrected chi connectivity index (χ0v) is 13.6. The van der Waals surface area contributed by atoms with Gasteiger partial charge in [-0.25, -0.2) is 9.97 Å². The summed E-state index contributed by atoms with van der Waals surface area (Å²) >= 11 is 9.36. The van der Waals surface area contributed by atoms with Crippen molar-refractivity contribution in [2.75, 3.05) is 0 Å². The molecule has 20 heavy (non-hydrogen) atoms. The molecule has 0 saturated carbocycles. The smallest absolute Gasteiger partial charge is 0.100 e. The first-order valence-electron chi connectivity index (χ1n) is 6.25. The molecule has 0 N–H and O–H groups in total. The van der Waals surface area contributed by atoms with E-state index in [-0.39, 0.29) is 0 Å². The molecule has 0 aliphatic heterocycles. The maximum absolute atomic E-state index is 5.93. The molecule has 0 amide bonds. The van der Waals surface area contributed by atoms with E-state index in [1.54, 1.807) is 22.7 Å². The maximum atomic E-state index is 5.93. The Morgan fingerprint density at radius 2 is 1.80 bits per heavy atom. The highest BCUT2D eigenvalue weighted by atomic mass is 35.5. The minimum Gasteiger partial charge on any atom is -0.246 e. The lowest BCUT2D eigenvalue weighted by Crippen LogP contribution is -1.87. The lowest BCUT2D eigenvalue weighted by Gasteiger charge is -1.98. The quantitative estimate of drug-likeness (QED) is 0.668. The highest BCUT2D eigenvalue weighted by molar-refractivity contribution is 7.12. The summed E-state index contributed by atoms with van der Waals surface area (Å²) in [5, 5.41) is 5.07. The van der Waals surface area contributed by atoms with Crippen molar-refractivity contribution in [3.63, 3.8) is 0 Å². The molecule has 0 atom stereocenters. The second-order valence-electron chi connectivity index (χ2n) is 4.58. The van der Waals surface area contributed by atoms with E-state index < -0.39 is 0 Å². The average molecular weight is 321 g/mol. The van der Waals surface area contributed by atoms with Gasteiger partial charge < -0.3 is 0 Å². The molecule has 0 aliphatic carbocycles. The van der Waals surface area contributed by atoms with E-state index in [9.17, 15) is 0 Å². The Balaban J connectivity index is 1.89. The molecule has 0 unspecified atom stereocenters. The van der Waals surface area contributed by atoms with Crippen LogP contribution in [0.3, 0.4) is 0 Å². The van der Waals surface area contributed by atoms with Gasteiger partial charge in [0.1, 0.15) is 5.01 Å². The first-order chi connectivity index (χ1) is 9.61. The summed E-state index contributed by atoms with van der Waals surface area (Å²) < 4.78 is 0. The molecule has 0 spiro atoms. The van der Waals surface area contributed by atoms with Gasteiger partial charge in [-0.1, -0.05) is 23.7 Å². The average Bonchev–Trinajstić information content (AvgIpc) is 2.97. The van der Waals surface area contributed by atoms with Crippen LogP contribution >= 0.6 is 34.3 Å². The van der Waals surface area contributed by atoms with Gasteiger partial charge in [0.2, 0.25) is 0 Å². The summed E-state index contributed by atoms with van der Waals surface area (Å²) in [6.45, 7) is 4.13. The van der Waals surface area contributed by atoms with Crippen LogP contribution in [0.4, 0.5) is 0 Å². The summed E-state index contributed by atoms with van der Waals surface area (Å²) in [4.78, 5) is 10.5. The van der Waals surface area contributed by atoms with Crippen LogP contribution in [0.15, 0.2) is 29.6 Å². The third-order valence-corrected chi connectivity index (χ3v) is 5.12. The van der Waals surface area contributed by atoms with E-state index in [4.69, 9.17) is 16.6 Å². The monoisotopic (exact) mass is 320 g/mol. The van der Waals surface area contributed by atoms with Crippen molar-refractivity contribution in [1.82, 2.24) is 9.97 Å². The summed E-state index contributed by atoms with van der Waals surface area (Å²) in [7, 11) is 0. The SMILES string of the molecule is Cc1csc(Cc2nc(-c3ccc(Cl)cc3)c(C)s2)n1. The van der Waals surface area contributed by atoms with E-state index in [0.717, 1.165) is 38.4 Å². The zero-order valence-electron chi connectivity index (χ0n) is 11.2. The Bertz CT molecular complexity index is 729. The normalized spacial score (nSPS) is 10.9. The molecular formula is C15H13ClN2S2. The summed E-state index contributed by atoms with van der Waals surface area (Å²) in [6.07, 6.45) is 0.817. The van der Waals surface area contributed by atoms with Crippen LogP contribution in [0.1, 0.15) is 20.6 Å². The Morgan fingerprint density at radius 3 is 2.45 bits per heavy atom. The highest BCUT2D eigenvalue weighted by Gasteiger charge is 2.11. The number of hydrogen-bond donors (Lipinski definition) is 0. The van der Waals surface area contributed by atoms with Crippen molar-refractivity contribution in [2.45, 2.75) is 20.3 Å². The van der Waals surface area contributed by atoms with Crippen LogP contribution in [-0.4, -0.2) is 9.97 Å². The van der Waals surface area contributed by atoms with Gasteiger partial charge in [-0.2, -0.15) is 0 Å². The molecule has 3 rings (SSSR count). The molecule has 0 saturated heterocycles. The van der Waals surface area contributed by atoms with Crippen molar-refractivity contribution >= 4 is 34.3 Å². The minimum atomic E-state index is 0.750. The van der Waals surface area contributed by atoms with Gasteiger partial charge in [-0.15, -0.1) is 22.7 Å². The van der Waals surface area contributed by atoms with Crippen molar-refractivity contribution in [3.05, 3.63) is 55.3 Å². The Hall–Kier alpha value is -1.23. The van der Waals surface area contributed by atoms with E-state index >= 15 is 0 Å². The van der Waals surface area contributed by atoms with Crippen LogP contribution < -0.4 is 0 Å². The van der Waals surface area contributed by atoms with Crippen LogP contribution in [0.5, 0.6) is 0 Å². The number of aryl methyl sites for hydroxylation is 2. The van der Waals surface area contributed by atoms with Gasteiger partial charge in [-0.05, 0) is 26.0 Å². The van der Waals surface area contributed by atoms with Gasteiger partial charge in [0, 0.05) is 26.5 Å². The number of nitrogens with zero attached hydrogens (tertiary/aromatic N) is 2. The summed E-state index contributed by atoms with van der Waals surface area (Å²) in [6, 6.07) is 7.84. The van der Waals surface area contributed by atoms with E-state index in [1.165, 1.54) is 4.88 Å². The third kappa shape index (κ3) is 2.92. The standard InChI is InChI=1S/C15H13ClN2S2/c1-9-8-19-13(17-9)7-14-18-15(10(2)20-14)11-3-5-12(16)6-4-11/h3-6,8H,7H2,1-2H3. The van der Waals surface area contributed by atoms with Crippen LogP contribution in [-0.2, 0) is 6.42 Å². The molecule has 2 nitrogen and oxygen atoms in total. The maximum Gasteiger partial charge on any atom is 0.100 e. The molecule has 0 radical (unpaired) electrons. The Labute approximate surface area is 131 Å². The van der Waals surface area contributed by atoms with Crippen molar-refractivity contribution < 1.29 is 0 Å². The topological polar surface area (TPSA) is 25.8 Å². The van der Waals surface area contributed by atoms with E-state index in [1.807, 2.05) is 31.2 Å². The van der Waals surface area contributed by atoms with Crippen LogP contribution in [0.25, 0.3) is 11.3 Å². The number of aromatic nitrogens is 2. The van der Waals surface area contributed by atoms with Gasteiger partial charge in [-0.3, -0.25) is 0 Å². The lowest BCUT2D eigenvalue weighted by atomic mass is 10.1. The number of thiazole rings is 2. The van der Waals surface area contributed by atoms with Crippen molar-refractivity contribution in [2.24, 2.45) is 0 Å². The number of halogens is 1. The predicted molar refractivity (Wildman–Crippen MR) is 87.0 cm³/mol. The molecule has 0 bridgehead atoms. The lowest BCUT2D eigenvalue weighted by molar-refractivity contribution is 1.08. The number of benzene rings is 1. The Kier molecular flexibility index (Phi) is 3.87. The molecular weight excluding hydrogens is 308 g/mol. The zero-order chi connectivity index (χ0) is 14.1. The predicted octanol–water partition coefficient (Wildman–Crippen LogP) is 5.13. The summed E-state index contributed by atoms with van der Waals surface area (Å²) in [5.41, 5.74) is 3.25. The van der Waals surface area contributed by atoms with E-state index in [2.05, 4.69) is 17.3 Å². The van der Waals surface area contributed by atoms with Crippen LogP contribution in [0.2, 0.25) is 5.02 Å². The molecule has 0 fully saturated rings. The first kappa shape index (κ1) is 13.7. The molecule has 5 heteroatoms. The van der Waals surface area contributed by atoms with Gasteiger partial charge in [0.25, 0.3) is 0 Å². The van der Waals surface area contributed by atoms with Gasteiger partial charge >= 0.3 is 0 Å². The number of hydrogen-bond acceptors (Lipinski definition) is 4. The van der Waals surface area contributed by atoms with Gasteiger partial charge in [0.05, 0.1) is 17.1 Å². The molecule has 0 aliphatic rings. The first-order valence-corrected chi connectivity index (χ1v) is 8.32. The summed E-state index contributed by atoms with van der Waals surface area (Å²) in [5.74, 6) is 0. The molecule has 3 aromatic rings. The second-order valence-corrected chi connectivity index (χ2v) is 7.25. The molecule has 2 heterocycles. The minimum absolute atomic E-state index is 0.750. The van der Waals surface area contributed by atoms with Crippen LogP contribution in [0, 0.1) is 13.8 Å². The largest absolute Gasteiger partial charge is 0.246 e. The third-order valence-electron chi connectivity index (χ3n) is 2.93. The van der Waals surface area contributed by atoms with Gasteiger partial charge in [0.15, 0.2) is 0 Å². The Morgan fingerprint density at radius 1 is 1.05 bits per heavy atom. The fourth-order valence-corrected chi connectivity index (χ4v) is 3.97. The van der Waals surface area contributed by atoms with Crippen molar-refractivity contribution in [1.29, 1.82) is 0 Å². The number of rotatable bonds is 3. The van der Waals surface area contributed by atoms with E-state index in [0.29, 0.717) is 0 Å². The molecule has 1 aromatic carbocycles. The molecule has 2 aromatic heterocycles. The molecule has 102 valence electrons. The fraction of sp³-hybridized carbons (Fsp3) is 0.200.